The molecule has 0 unspecified atom stereocenters. The van der Waals surface area contributed by atoms with Crippen LogP contribution in [0.5, 0.6) is 0 Å². The van der Waals surface area contributed by atoms with E-state index in [2.05, 4.69) is 5.10 Å². The molecular formula is C25H15F9N2. The van der Waals surface area contributed by atoms with Crippen molar-refractivity contribution in [2.45, 2.75) is 18.5 Å². The average molecular weight is 514 g/mol. The van der Waals surface area contributed by atoms with Gasteiger partial charge >= 0.3 is 18.5 Å². The molecule has 0 saturated carbocycles. The molecule has 3 aromatic carbocycles. The lowest BCUT2D eigenvalue weighted by Crippen LogP contribution is -2.04. The normalized spacial score (nSPS) is 12.7. The molecule has 1 aromatic heterocycles. The summed E-state index contributed by atoms with van der Waals surface area (Å²) >= 11 is 0. The molecule has 4 aromatic rings. The van der Waals surface area contributed by atoms with E-state index in [0.29, 0.717) is 0 Å². The number of nitrogens with zero attached hydrogens (tertiary/aromatic N) is 2. The molecule has 4 rings (SSSR count). The molecule has 0 spiro atoms. The summed E-state index contributed by atoms with van der Waals surface area (Å²) in [6.45, 7) is 0. The van der Waals surface area contributed by atoms with Crippen molar-refractivity contribution < 1.29 is 39.5 Å². The zero-order valence-corrected chi connectivity index (χ0v) is 18.2. The van der Waals surface area contributed by atoms with E-state index in [1.54, 1.807) is 0 Å². The first-order valence-corrected chi connectivity index (χ1v) is 10.3. The summed E-state index contributed by atoms with van der Waals surface area (Å²) in [6.07, 6.45) is -13.8. The van der Waals surface area contributed by atoms with Gasteiger partial charge in [0.2, 0.25) is 0 Å². The van der Waals surface area contributed by atoms with E-state index >= 15 is 0 Å². The quantitative estimate of drug-likeness (QED) is 0.251. The second-order valence-corrected chi connectivity index (χ2v) is 7.92. The van der Waals surface area contributed by atoms with Crippen LogP contribution >= 0.6 is 0 Å². The second kappa shape index (κ2) is 8.72. The van der Waals surface area contributed by atoms with E-state index in [4.69, 9.17) is 0 Å². The number of hydrogen-bond acceptors (Lipinski definition) is 1. The van der Waals surface area contributed by atoms with Crippen LogP contribution < -0.4 is 0 Å². The van der Waals surface area contributed by atoms with Crippen molar-refractivity contribution in [3.63, 3.8) is 0 Å². The Hall–Kier alpha value is -3.76. The Balaban J connectivity index is 1.91. The molecule has 0 aliphatic heterocycles. The summed E-state index contributed by atoms with van der Waals surface area (Å²) in [7, 11) is 1.48. The van der Waals surface area contributed by atoms with E-state index in [1.165, 1.54) is 48.1 Å². The third kappa shape index (κ3) is 4.95. The number of halogens is 9. The van der Waals surface area contributed by atoms with Gasteiger partial charge in [-0.15, -0.1) is 0 Å². The molecule has 36 heavy (non-hydrogen) atoms. The Kier molecular flexibility index (Phi) is 6.14. The topological polar surface area (TPSA) is 17.8 Å². The van der Waals surface area contributed by atoms with Crippen LogP contribution in [0.15, 0.2) is 72.8 Å². The van der Waals surface area contributed by atoms with Crippen molar-refractivity contribution in [3.8, 4) is 33.6 Å². The van der Waals surface area contributed by atoms with Crippen LogP contribution in [0.2, 0.25) is 0 Å². The highest BCUT2D eigenvalue weighted by molar-refractivity contribution is 5.91. The van der Waals surface area contributed by atoms with E-state index < -0.39 is 35.2 Å². The molecule has 0 fully saturated rings. The fourth-order valence-corrected chi connectivity index (χ4v) is 3.79. The number of hydrogen-bond donors (Lipinski definition) is 0. The Morgan fingerprint density at radius 1 is 0.500 bits per heavy atom. The minimum atomic E-state index is -4.60. The lowest BCUT2D eigenvalue weighted by molar-refractivity contribution is -0.138. The van der Waals surface area contributed by atoms with Crippen LogP contribution in [0.1, 0.15) is 16.7 Å². The fourth-order valence-electron chi connectivity index (χ4n) is 3.79. The standard InChI is InChI=1S/C25H15F9N2/c1-36-22(16-6-12-19(13-7-16)25(32,33)34)20(14-2-8-17(9-3-14)23(26,27)28)21(35-36)15-4-10-18(11-5-15)24(29,30)31/h2-13H,1H3. The molecule has 1 heterocycles. The minimum absolute atomic E-state index is 0.154. The predicted molar refractivity (Wildman–Crippen MR) is 115 cm³/mol. The molecule has 0 atom stereocenters. The lowest BCUT2D eigenvalue weighted by atomic mass is 9.94. The van der Waals surface area contributed by atoms with E-state index in [1.807, 2.05) is 0 Å². The Morgan fingerprint density at radius 2 is 0.833 bits per heavy atom. The molecule has 0 radical (unpaired) electrons. The van der Waals surface area contributed by atoms with Gasteiger partial charge in [-0.25, -0.2) is 0 Å². The minimum Gasteiger partial charge on any atom is -0.267 e. The van der Waals surface area contributed by atoms with Gasteiger partial charge in [-0.05, 0) is 42.0 Å². The third-order valence-electron chi connectivity index (χ3n) is 5.52. The lowest BCUT2D eigenvalue weighted by Gasteiger charge is -2.12. The van der Waals surface area contributed by atoms with Gasteiger partial charge < -0.3 is 0 Å². The number of benzene rings is 3. The van der Waals surface area contributed by atoms with Crippen molar-refractivity contribution >= 4 is 0 Å². The van der Waals surface area contributed by atoms with E-state index in [0.717, 1.165) is 36.4 Å². The third-order valence-corrected chi connectivity index (χ3v) is 5.52. The molecule has 2 nitrogen and oxygen atoms in total. The highest BCUT2D eigenvalue weighted by Gasteiger charge is 2.33. The second-order valence-electron chi connectivity index (χ2n) is 7.92. The number of aromatic nitrogens is 2. The first-order chi connectivity index (χ1) is 16.7. The first-order valence-electron chi connectivity index (χ1n) is 10.3. The predicted octanol–water partition coefficient (Wildman–Crippen LogP) is 8.48. The Labute approximate surface area is 198 Å². The molecule has 0 aliphatic carbocycles. The number of aryl methyl sites for hydroxylation is 1. The molecule has 0 N–H and O–H groups in total. The summed E-state index contributed by atoms with van der Waals surface area (Å²) in [6, 6.07) is 12.2. The molecular weight excluding hydrogens is 499 g/mol. The maximum Gasteiger partial charge on any atom is 0.416 e. The Morgan fingerprint density at radius 3 is 1.19 bits per heavy atom. The van der Waals surface area contributed by atoms with Crippen LogP contribution in [-0.2, 0) is 25.6 Å². The first kappa shape index (κ1) is 25.3. The largest absolute Gasteiger partial charge is 0.416 e. The molecule has 0 amide bonds. The summed E-state index contributed by atoms with van der Waals surface area (Å²) < 4.78 is 119. The zero-order chi connectivity index (χ0) is 26.5. The van der Waals surface area contributed by atoms with E-state index in [-0.39, 0.29) is 33.6 Å². The summed E-state index contributed by atoms with van der Waals surface area (Å²) in [5.74, 6) is 0. The maximum atomic E-state index is 13.1. The molecule has 0 bridgehead atoms. The van der Waals surface area contributed by atoms with Crippen molar-refractivity contribution in [1.82, 2.24) is 9.78 Å². The van der Waals surface area contributed by atoms with Gasteiger partial charge in [0.1, 0.15) is 5.69 Å². The van der Waals surface area contributed by atoms with Crippen molar-refractivity contribution in [3.05, 3.63) is 89.5 Å². The maximum absolute atomic E-state index is 13.1. The fraction of sp³-hybridized carbons (Fsp3) is 0.160. The van der Waals surface area contributed by atoms with Gasteiger partial charge in [0.25, 0.3) is 0 Å². The smallest absolute Gasteiger partial charge is 0.267 e. The zero-order valence-electron chi connectivity index (χ0n) is 18.2. The highest BCUT2D eigenvalue weighted by Crippen LogP contribution is 2.42. The molecule has 188 valence electrons. The molecule has 0 saturated heterocycles. The summed E-state index contributed by atoms with van der Waals surface area (Å²) in [4.78, 5) is 0. The van der Waals surface area contributed by atoms with Gasteiger partial charge in [0, 0.05) is 23.7 Å². The van der Waals surface area contributed by atoms with Gasteiger partial charge in [-0.2, -0.15) is 44.6 Å². The van der Waals surface area contributed by atoms with Gasteiger partial charge in [-0.1, -0.05) is 36.4 Å². The highest BCUT2D eigenvalue weighted by atomic mass is 19.4. The van der Waals surface area contributed by atoms with Crippen molar-refractivity contribution in [2.24, 2.45) is 7.05 Å². The van der Waals surface area contributed by atoms with E-state index in [9.17, 15) is 39.5 Å². The van der Waals surface area contributed by atoms with Crippen molar-refractivity contribution in [1.29, 1.82) is 0 Å². The molecule has 11 heteroatoms. The number of alkyl halides is 9. The van der Waals surface area contributed by atoms with Crippen LogP contribution in [0.25, 0.3) is 33.6 Å². The average Bonchev–Trinajstić information content (AvgIpc) is 3.14. The van der Waals surface area contributed by atoms with Gasteiger partial charge in [0.15, 0.2) is 0 Å². The van der Waals surface area contributed by atoms with Crippen LogP contribution in [0, 0.1) is 0 Å². The van der Waals surface area contributed by atoms with Crippen LogP contribution in [0.4, 0.5) is 39.5 Å². The Bertz CT molecular complexity index is 1360. The van der Waals surface area contributed by atoms with Crippen LogP contribution in [0.3, 0.4) is 0 Å². The van der Waals surface area contributed by atoms with Crippen LogP contribution in [-0.4, -0.2) is 9.78 Å². The summed E-state index contributed by atoms with van der Waals surface area (Å²) in [5.41, 5.74) is -1.25. The monoisotopic (exact) mass is 514 g/mol. The summed E-state index contributed by atoms with van der Waals surface area (Å²) in [5, 5.41) is 4.36. The van der Waals surface area contributed by atoms with Gasteiger partial charge in [-0.3, -0.25) is 4.68 Å². The number of rotatable bonds is 3. The molecule has 0 aliphatic rings. The van der Waals surface area contributed by atoms with Gasteiger partial charge in [0.05, 0.1) is 22.4 Å². The van der Waals surface area contributed by atoms with Crippen molar-refractivity contribution in [2.75, 3.05) is 0 Å². The SMILES string of the molecule is Cn1nc(-c2ccc(C(F)(F)F)cc2)c(-c2ccc(C(F)(F)F)cc2)c1-c1ccc(C(F)(F)F)cc1.